The van der Waals surface area contributed by atoms with Crippen molar-refractivity contribution >= 4 is 11.6 Å². The summed E-state index contributed by atoms with van der Waals surface area (Å²) in [5.74, 6) is -1.17. The fourth-order valence-electron chi connectivity index (χ4n) is 4.71. The lowest BCUT2D eigenvalue weighted by molar-refractivity contribution is -0.143. The maximum atomic E-state index is 14.6. The first-order valence-electron chi connectivity index (χ1n) is 11.2. The molecule has 0 radical (unpaired) electrons. The van der Waals surface area contributed by atoms with E-state index in [-0.39, 0.29) is 17.5 Å². The Labute approximate surface area is 188 Å². The monoisotopic (exact) mass is 440 g/mol. The normalized spacial score (nSPS) is 23.3. The Bertz CT molecular complexity index is 1000. The van der Waals surface area contributed by atoms with Crippen molar-refractivity contribution in [3.05, 3.63) is 71.3 Å². The smallest absolute Gasteiger partial charge is 0.260 e. The van der Waals surface area contributed by atoms with Crippen molar-refractivity contribution in [1.29, 1.82) is 0 Å². The van der Waals surface area contributed by atoms with Crippen molar-refractivity contribution in [2.24, 2.45) is 5.10 Å². The van der Waals surface area contributed by atoms with Crippen LogP contribution in [0.5, 0.6) is 0 Å². The van der Waals surface area contributed by atoms with Crippen LogP contribution in [0.4, 0.5) is 8.78 Å². The Balaban J connectivity index is 1.73. The number of likely N-dealkylation sites (N-methyl/N-ethyl adjacent to an activating group) is 1. The predicted molar refractivity (Wildman–Crippen MR) is 121 cm³/mol. The van der Waals surface area contributed by atoms with Gasteiger partial charge in [0.25, 0.3) is 5.91 Å². The molecule has 2 aliphatic heterocycles. The number of carbonyl (C=O) groups excluding carboxylic acids is 1. The summed E-state index contributed by atoms with van der Waals surface area (Å²) in [5, 5.41) is 6.15. The zero-order chi connectivity index (χ0) is 22.9. The third kappa shape index (κ3) is 4.19. The van der Waals surface area contributed by atoms with Crippen molar-refractivity contribution < 1.29 is 13.6 Å². The Morgan fingerprint density at radius 2 is 1.78 bits per heavy atom. The van der Waals surface area contributed by atoms with E-state index in [4.69, 9.17) is 0 Å². The molecule has 4 rings (SSSR count). The third-order valence-electron chi connectivity index (χ3n) is 6.69. The highest BCUT2D eigenvalue weighted by atomic mass is 19.1. The second kappa shape index (κ2) is 9.08. The zero-order valence-corrected chi connectivity index (χ0v) is 18.9. The number of amides is 1. The van der Waals surface area contributed by atoms with Crippen molar-refractivity contribution in [1.82, 2.24) is 14.8 Å². The van der Waals surface area contributed by atoms with Gasteiger partial charge >= 0.3 is 0 Å². The molecule has 5 nitrogen and oxygen atoms in total. The summed E-state index contributed by atoms with van der Waals surface area (Å²) in [6, 6.07) is 12.7. The minimum atomic E-state index is -0.785. The number of halogens is 2. The number of nitrogens with zero attached hydrogens (tertiary/aromatic N) is 4. The number of benzene rings is 2. The van der Waals surface area contributed by atoms with E-state index in [9.17, 15) is 13.6 Å². The maximum Gasteiger partial charge on any atom is 0.260 e. The molecule has 0 unspecified atom stereocenters. The first-order valence-corrected chi connectivity index (χ1v) is 11.2. The van der Waals surface area contributed by atoms with Crippen LogP contribution in [0.1, 0.15) is 37.8 Å². The van der Waals surface area contributed by atoms with Crippen molar-refractivity contribution in [3.63, 3.8) is 0 Å². The second-order valence-electron chi connectivity index (χ2n) is 8.90. The van der Waals surface area contributed by atoms with Gasteiger partial charge in [0.1, 0.15) is 11.6 Å². The van der Waals surface area contributed by atoms with E-state index in [1.165, 1.54) is 5.01 Å². The first kappa shape index (κ1) is 22.6. The molecule has 0 aliphatic carbocycles. The van der Waals surface area contributed by atoms with Gasteiger partial charge in [-0.1, -0.05) is 37.3 Å². The molecule has 1 fully saturated rings. The fourth-order valence-corrected chi connectivity index (χ4v) is 4.71. The van der Waals surface area contributed by atoms with Crippen LogP contribution in [0.2, 0.25) is 0 Å². The van der Waals surface area contributed by atoms with E-state index in [2.05, 4.69) is 21.9 Å². The molecule has 2 aliphatic rings. The summed E-state index contributed by atoms with van der Waals surface area (Å²) >= 11 is 0. The van der Waals surface area contributed by atoms with E-state index in [1.807, 2.05) is 44.2 Å². The molecule has 2 aromatic rings. The molecule has 0 bridgehead atoms. The molecule has 2 aromatic carbocycles. The van der Waals surface area contributed by atoms with Gasteiger partial charge in [-0.05, 0) is 44.2 Å². The lowest BCUT2D eigenvalue weighted by atomic mass is 9.85. The Morgan fingerprint density at radius 1 is 1.09 bits per heavy atom. The van der Waals surface area contributed by atoms with Crippen LogP contribution in [-0.4, -0.2) is 65.7 Å². The summed E-state index contributed by atoms with van der Waals surface area (Å²) in [7, 11) is 2.08. The van der Waals surface area contributed by atoms with Crippen LogP contribution < -0.4 is 0 Å². The largest absolute Gasteiger partial charge is 0.304 e. The summed E-state index contributed by atoms with van der Waals surface area (Å²) in [5.41, 5.74) is 0.620. The average molecular weight is 441 g/mol. The van der Waals surface area contributed by atoms with Crippen LogP contribution >= 0.6 is 0 Å². The van der Waals surface area contributed by atoms with Gasteiger partial charge in [0, 0.05) is 38.2 Å². The van der Waals surface area contributed by atoms with Crippen molar-refractivity contribution in [2.75, 3.05) is 33.2 Å². The number of hydrazone groups is 1. The highest BCUT2D eigenvalue weighted by Crippen LogP contribution is 2.40. The summed E-state index contributed by atoms with van der Waals surface area (Å²) < 4.78 is 28.5. The molecular formula is C25H30F2N4O. The number of piperazine rings is 1. The van der Waals surface area contributed by atoms with Crippen LogP contribution in [0.15, 0.2) is 53.6 Å². The molecule has 0 N–H and O–H groups in total. The Kier molecular flexibility index (Phi) is 6.40. The fraction of sp³-hybridized carbons (Fsp3) is 0.440. The molecule has 0 aromatic heterocycles. The standard InChI is InChI=1S/C25H30F2N4O/c1-4-23(30-14-12-29(3)13-15-30)24(32)31-25(2,18-8-6-5-7-9-18)17-22(28-31)20-16-19(26)10-11-21(20)27/h5-11,16,23H,4,12-15,17H2,1-3H3/t23-,25-/m0/s1. The average Bonchev–Trinajstić information content (AvgIpc) is 3.16. The van der Waals surface area contributed by atoms with Gasteiger partial charge in [0.2, 0.25) is 0 Å². The van der Waals surface area contributed by atoms with E-state index in [0.717, 1.165) is 49.9 Å². The molecule has 32 heavy (non-hydrogen) atoms. The highest BCUT2D eigenvalue weighted by Gasteiger charge is 2.46. The molecule has 170 valence electrons. The summed E-state index contributed by atoms with van der Waals surface area (Å²) in [6.07, 6.45) is 0.964. The van der Waals surface area contributed by atoms with E-state index < -0.39 is 17.2 Å². The zero-order valence-electron chi connectivity index (χ0n) is 18.9. The van der Waals surface area contributed by atoms with Crippen LogP contribution in [0.3, 0.4) is 0 Å². The topological polar surface area (TPSA) is 39.2 Å². The number of rotatable bonds is 5. The highest BCUT2D eigenvalue weighted by molar-refractivity contribution is 6.04. The SMILES string of the molecule is CC[C@@H](C(=O)N1N=C(c2cc(F)ccc2F)C[C@@]1(C)c1ccccc1)N1CCN(C)CC1. The second-order valence-corrected chi connectivity index (χ2v) is 8.90. The van der Waals surface area contributed by atoms with Crippen molar-refractivity contribution in [2.45, 2.75) is 38.3 Å². The summed E-state index contributed by atoms with van der Waals surface area (Å²) in [4.78, 5) is 18.3. The lowest BCUT2D eigenvalue weighted by Crippen LogP contribution is -2.56. The third-order valence-corrected chi connectivity index (χ3v) is 6.69. The molecule has 2 atom stereocenters. The number of hydrogen-bond acceptors (Lipinski definition) is 4. The van der Waals surface area contributed by atoms with Crippen LogP contribution in [0, 0.1) is 11.6 Å². The van der Waals surface area contributed by atoms with E-state index >= 15 is 0 Å². The molecule has 0 saturated carbocycles. The molecule has 0 spiro atoms. The molecule has 1 amide bonds. The Hall–Kier alpha value is -2.64. The van der Waals surface area contributed by atoms with E-state index in [1.54, 1.807) is 0 Å². The summed E-state index contributed by atoms with van der Waals surface area (Å²) in [6.45, 7) is 7.39. The quantitative estimate of drug-likeness (QED) is 0.709. The van der Waals surface area contributed by atoms with Gasteiger partial charge in [-0.25, -0.2) is 13.8 Å². The lowest BCUT2D eigenvalue weighted by Gasteiger charge is -2.40. The van der Waals surface area contributed by atoms with Crippen LogP contribution in [-0.2, 0) is 10.3 Å². The molecule has 1 saturated heterocycles. The molecule has 2 heterocycles. The van der Waals surface area contributed by atoms with Gasteiger partial charge < -0.3 is 4.90 Å². The van der Waals surface area contributed by atoms with Crippen LogP contribution in [0.25, 0.3) is 0 Å². The minimum absolute atomic E-state index is 0.102. The van der Waals surface area contributed by atoms with Gasteiger partial charge in [-0.2, -0.15) is 5.10 Å². The predicted octanol–water partition coefficient (Wildman–Crippen LogP) is 3.84. The minimum Gasteiger partial charge on any atom is -0.304 e. The van der Waals surface area contributed by atoms with Gasteiger partial charge in [-0.15, -0.1) is 0 Å². The number of carbonyl (C=O) groups is 1. The first-order chi connectivity index (χ1) is 15.3. The van der Waals surface area contributed by atoms with Gasteiger partial charge in [0.15, 0.2) is 0 Å². The van der Waals surface area contributed by atoms with Crippen molar-refractivity contribution in [3.8, 4) is 0 Å². The molecular weight excluding hydrogens is 410 g/mol. The molecule has 7 heteroatoms. The maximum absolute atomic E-state index is 14.6. The van der Waals surface area contributed by atoms with Gasteiger partial charge in [-0.3, -0.25) is 9.69 Å². The Morgan fingerprint density at radius 3 is 2.44 bits per heavy atom. The van der Waals surface area contributed by atoms with Gasteiger partial charge in [0.05, 0.1) is 17.3 Å². The van der Waals surface area contributed by atoms with E-state index in [0.29, 0.717) is 18.6 Å². The number of hydrogen-bond donors (Lipinski definition) is 0.